The van der Waals surface area contributed by atoms with Gasteiger partial charge in [-0.25, -0.2) is 9.37 Å². The van der Waals surface area contributed by atoms with E-state index in [4.69, 9.17) is 0 Å². The largest absolute Gasteiger partial charge is 0.356 e. The Labute approximate surface area is 172 Å². The van der Waals surface area contributed by atoms with Crippen LogP contribution in [0.2, 0.25) is 0 Å². The SMILES string of the molecule is O=C1CNCc2[nH]c(-c3ccnc(NC(=O)[C@H]4C[C@H]4F)c3)c(Cc3ccccc3)c21. The molecule has 7 heteroatoms. The number of Topliss-reactive ketones (excluding diaryl/α,β-unsaturated/α-hetero) is 1. The Balaban J connectivity index is 1.53. The van der Waals surface area contributed by atoms with Gasteiger partial charge in [-0.15, -0.1) is 0 Å². The van der Waals surface area contributed by atoms with E-state index in [0.717, 1.165) is 33.6 Å². The number of hydrogen-bond donors (Lipinski definition) is 3. The third-order valence-electron chi connectivity index (χ3n) is 5.62. The normalized spacial score (nSPS) is 20.0. The number of nitrogens with zero attached hydrogens (tertiary/aromatic N) is 1. The summed E-state index contributed by atoms with van der Waals surface area (Å²) in [6, 6.07) is 13.6. The van der Waals surface area contributed by atoms with Crippen molar-refractivity contribution in [2.24, 2.45) is 5.92 Å². The number of aromatic nitrogens is 2. The molecule has 1 amide bonds. The number of aromatic amines is 1. The lowest BCUT2D eigenvalue weighted by Gasteiger charge is -2.13. The topological polar surface area (TPSA) is 86.9 Å². The van der Waals surface area contributed by atoms with Crippen molar-refractivity contribution in [2.75, 3.05) is 11.9 Å². The van der Waals surface area contributed by atoms with Crippen LogP contribution < -0.4 is 10.6 Å². The van der Waals surface area contributed by atoms with Gasteiger partial charge >= 0.3 is 0 Å². The fourth-order valence-electron chi connectivity index (χ4n) is 3.99. The molecule has 3 aromatic rings. The van der Waals surface area contributed by atoms with Crippen molar-refractivity contribution in [3.8, 4) is 11.3 Å². The van der Waals surface area contributed by atoms with E-state index >= 15 is 0 Å². The van der Waals surface area contributed by atoms with Crippen molar-refractivity contribution in [2.45, 2.75) is 25.6 Å². The monoisotopic (exact) mass is 404 g/mol. The van der Waals surface area contributed by atoms with Crippen LogP contribution in [0.25, 0.3) is 11.3 Å². The zero-order valence-electron chi connectivity index (χ0n) is 16.2. The van der Waals surface area contributed by atoms with Gasteiger partial charge in [0.1, 0.15) is 12.0 Å². The van der Waals surface area contributed by atoms with Gasteiger partial charge in [-0.3, -0.25) is 9.59 Å². The molecule has 5 rings (SSSR count). The van der Waals surface area contributed by atoms with Crippen LogP contribution in [0.4, 0.5) is 10.2 Å². The average molecular weight is 404 g/mol. The third-order valence-corrected chi connectivity index (χ3v) is 5.62. The summed E-state index contributed by atoms with van der Waals surface area (Å²) in [6.07, 6.45) is 1.44. The first kappa shape index (κ1) is 18.7. The van der Waals surface area contributed by atoms with Crippen LogP contribution in [-0.2, 0) is 17.8 Å². The van der Waals surface area contributed by atoms with Crippen LogP contribution in [0.5, 0.6) is 0 Å². The minimum atomic E-state index is -1.06. The summed E-state index contributed by atoms with van der Waals surface area (Å²) >= 11 is 0. The molecular weight excluding hydrogens is 383 g/mol. The maximum absolute atomic E-state index is 13.2. The van der Waals surface area contributed by atoms with Crippen molar-refractivity contribution < 1.29 is 14.0 Å². The summed E-state index contributed by atoms with van der Waals surface area (Å²) in [6.45, 7) is 0.909. The smallest absolute Gasteiger partial charge is 0.231 e. The fraction of sp³-hybridized carbons (Fsp3) is 0.261. The summed E-state index contributed by atoms with van der Waals surface area (Å²) in [7, 11) is 0. The van der Waals surface area contributed by atoms with Gasteiger partial charge in [-0.2, -0.15) is 0 Å². The Bertz CT molecular complexity index is 1130. The number of halogens is 1. The number of ketones is 1. The quantitative estimate of drug-likeness (QED) is 0.609. The van der Waals surface area contributed by atoms with Crippen molar-refractivity contribution in [3.63, 3.8) is 0 Å². The molecule has 0 spiro atoms. The maximum Gasteiger partial charge on any atom is 0.231 e. The second kappa shape index (κ2) is 7.50. The minimum Gasteiger partial charge on any atom is -0.356 e. The molecule has 1 aromatic carbocycles. The number of pyridine rings is 1. The molecule has 0 bridgehead atoms. The lowest BCUT2D eigenvalue weighted by Crippen LogP contribution is -2.29. The van der Waals surface area contributed by atoms with E-state index in [1.807, 2.05) is 36.4 Å². The second-order valence-electron chi connectivity index (χ2n) is 7.80. The molecule has 1 fully saturated rings. The predicted octanol–water partition coefficient (Wildman–Crippen LogP) is 3.25. The number of alkyl halides is 1. The maximum atomic E-state index is 13.2. The van der Waals surface area contributed by atoms with Crippen LogP contribution in [0, 0.1) is 5.92 Å². The van der Waals surface area contributed by atoms with Gasteiger partial charge in [0.15, 0.2) is 5.78 Å². The molecule has 2 aliphatic rings. The van der Waals surface area contributed by atoms with Gasteiger partial charge in [-0.1, -0.05) is 30.3 Å². The van der Waals surface area contributed by atoms with Gasteiger partial charge in [0.2, 0.25) is 5.91 Å². The van der Waals surface area contributed by atoms with E-state index in [1.165, 1.54) is 0 Å². The van der Waals surface area contributed by atoms with E-state index in [1.54, 1.807) is 12.3 Å². The van der Waals surface area contributed by atoms with Crippen LogP contribution in [0.1, 0.15) is 33.6 Å². The molecular formula is C23H21FN4O2. The molecule has 1 aliphatic heterocycles. The fourth-order valence-corrected chi connectivity index (χ4v) is 3.99. The van der Waals surface area contributed by atoms with Crippen molar-refractivity contribution in [1.82, 2.24) is 15.3 Å². The highest BCUT2D eigenvalue weighted by Gasteiger charge is 2.43. The van der Waals surface area contributed by atoms with E-state index in [0.29, 0.717) is 25.3 Å². The molecule has 6 nitrogen and oxygen atoms in total. The highest BCUT2D eigenvalue weighted by Crippen LogP contribution is 2.35. The number of rotatable bonds is 5. The number of fused-ring (bicyclic) bond motifs is 1. The molecule has 1 aliphatic carbocycles. The highest BCUT2D eigenvalue weighted by molar-refractivity contribution is 6.03. The Morgan fingerprint density at radius 1 is 1.20 bits per heavy atom. The van der Waals surface area contributed by atoms with E-state index in [-0.39, 0.29) is 18.1 Å². The number of amides is 1. The van der Waals surface area contributed by atoms with Gasteiger partial charge in [-0.05, 0) is 29.7 Å². The summed E-state index contributed by atoms with van der Waals surface area (Å²) in [4.78, 5) is 32.4. The molecule has 30 heavy (non-hydrogen) atoms. The standard InChI is InChI=1S/C23H21FN4O2/c24-17-10-15(17)23(30)28-20-9-14(6-7-26-20)22-16(8-13-4-2-1-3-5-13)21-18(27-22)11-25-12-19(21)29/h1-7,9,15,17,25,27H,8,10-12H2,(H,26,28,30)/t15-,17+/m0/s1. The Morgan fingerprint density at radius 2 is 2.00 bits per heavy atom. The number of anilines is 1. The number of benzene rings is 1. The van der Waals surface area contributed by atoms with Gasteiger partial charge in [0.25, 0.3) is 0 Å². The Kier molecular flexibility index (Phi) is 4.67. The molecule has 0 saturated heterocycles. The van der Waals surface area contributed by atoms with Crippen LogP contribution >= 0.6 is 0 Å². The first-order valence-electron chi connectivity index (χ1n) is 10.0. The Hall–Kier alpha value is -3.32. The lowest BCUT2D eigenvalue weighted by atomic mass is 9.94. The molecule has 2 atom stereocenters. The van der Waals surface area contributed by atoms with E-state index in [9.17, 15) is 14.0 Å². The third kappa shape index (κ3) is 3.52. The van der Waals surface area contributed by atoms with Crippen LogP contribution in [-0.4, -0.2) is 34.4 Å². The number of nitrogens with one attached hydrogen (secondary N) is 3. The molecule has 3 heterocycles. The minimum absolute atomic E-state index is 0.0648. The lowest BCUT2D eigenvalue weighted by molar-refractivity contribution is -0.117. The summed E-state index contributed by atoms with van der Waals surface area (Å²) in [5.74, 6) is -0.485. The van der Waals surface area contributed by atoms with Crippen LogP contribution in [0.15, 0.2) is 48.7 Å². The number of carbonyl (C=O) groups is 2. The van der Waals surface area contributed by atoms with E-state index in [2.05, 4.69) is 20.6 Å². The second-order valence-corrected chi connectivity index (χ2v) is 7.80. The van der Waals surface area contributed by atoms with E-state index < -0.39 is 12.1 Å². The zero-order chi connectivity index (χ0) is 20.7. The van der Waals surface area contributed by atoms with Gasteiger partial charge in [0.05, 0.1) is 18.2 Å². The molecule has 1 saturated carbocycles. The molecule has 2 aromatic heterocycles. The summed E-state index contributed by atoms with van der Waals surface area (Å²) in [5, 5.41) is 5.82. The predicted molar refractivity (Wildman–Crippen MR) is 111 cm³/mol. The van der Waals surface area contributed by atoms with Gasteiger partial charge in [0, 0.05) is 36.0 Å². The number of H-pyrrole nitrogens is 1. The Morgan fingerprint density at radius 3 is 2.77 bits per heavy atom. The first-order chi connectivity index (χ1) is 14.6. The molecule has 152 valence electrons. The van der Waals surface area contributed by atoms with Crippen molar-refractivity contribution >= 4 is 17.5 Å². The van der Waals surface area contributed by atoms with Crippen molar-refractivity contribution in [1.29, 1.82) is 0 Å². The van der Waals surface area contributed by atoms with Gasteiger partial charge < -0.3 is 15.6 Å². The summed E-state index contributed by atoms with van der Waals surface area (Å²) < 4.78 is 13.2. The van der Waals surface area contributed by atoms with Crippen LogP contribution in [0.3, 0.4) is 0 Å². The molecule has 3 N–H and O–H groups in total. The number of carbonyl (C=O) groups excluding carboxylic acids is 2. The zero-order valence-corrected chi connectivity index (χ0v) is 16.2. The van der Waals surface area contributed by atoms with Crippen molar-refractivity contribution in [3.05, 3.63) is 71.0 Å². The molecule has 0 unspecified atom stereocenters. The average Bonchev–Trinajstić information content (AvgIpc) is 3.37. The molecule has 0 radical (unpaired) electrons. The highest BCUT2D eigenvalue weighted by atomic mass is 19.1. The summed E-state index contributed by atoms with van der Waals surface area (Å²) in [5.41, 5.74) is 5.32. The number of hydrogen-bond acceptors (Lipinski definition) is 4. The first-order valence-corrected chi connectivity index (χ1v) is 10.0.